The van der Waals surface area contributed by atoms with E-state index in [1.807, 2.05) is 0 Å². The maximum Gasteiger partial charge on any atom is 0.339 e. The number of benzene rings is 1. The summed E-state index contributed by atoms with van der Waals surface area (Å²) in [5, 5.41) is 2.08. The number of methoxy groups -OCH3 is 1. The van der Waals surface area contributed by atoms with Crippen molar-refractivity contribution < 1.29 is 19.1 Å². The van der Waals surface area contributed by atoms with E-state index >= 15 is 0 Å². The average molecular weight is 313 g/mol. The fraction of sp³-hybridized carbons (Fsp3) is 0.0667. The zero-order chi connectivity index (χ0) is 16.7. The van der Waals surface area contributed by atoms with Crippen molar-refractivity contribution in [2.24, 2.45) is 0 Å². The topological polar surface area (TPSA) is 120 Å². The van der Waals surface area contributed by atoms with Crippen molar-refractivity contribution in [3.8, 4) is 5.69 Å². The van der Waals surface area contributed by atoms with E-state index in [1.165, 1.54) is 19.2 Å². The highest BCUT2D eigenvalue weighted by Crippen LogP contribution is 2.24. The number of hydrogen-bond acceptors (Lipinski definition) is 6. The van der Waals surface area contributed by atoms with Gasteiger partial charge in [-0.15, -0.1) is 0 Å². The first-order valence-electron chi connectivity index (χ1n) is 6.54. The molecule has 1 aliphatic heterocycles. The lowest BCUT2D eigenvalue weighted by molar-refractivity contribution is 0.0600. The summed E-state index contributed by atoms with van der Waals surface area (Å²) in [5.74, 6) is -2.24. The third-order valence-electron chi connectivity index (χ3n) is 3.50. The maximum atomic E-state index is 12.4. The van der Waals surface area contributed by atoms with Crippen LogP contribution in [0, 0.1) is 0 Å². The number of anilines is 1. The third-order valence-corrected chi connectivity index (χ3v) is 3.50. The first-order valence-corrected chi connectivity index (χ1v) is 6.54. The first kappa shape index (κ1) is 14.5. The standard InChI is InChI=1S/C15H11N3O5/c1-23-15(22)7-4-2-3-5-9(7)18-10(19)6-8-11(12(18)16)14(21)17-13(8)20/h2-6H,16H2,1H3,(H,17,20,21). The molecule has 2 aromatic rings. The van der Waals surface area contributed by atoms with Gasteiger partial charge in [0, 0.05) is 6.07 Å². The van der Waals surface area contributed by atoms with Gasteiger partial charge in [0.1, 0.15) is 5.82 Å². The summed E-state index contributed by atoms with van der Waals surface area (Å²) >= 11 is 0. The molecular formula is C15H11N3O5. The summed E-state index contributed by atoms with van der Waals surface area (Å²) in [6.45, 7) is 0. The van der Waals surface area contributed by atoms with E-state index in [0.29, 0.717) is 0 Å². The molecule has 2 heterocycles. The van der Waals surface area contributed by atoms with Crippen LogP contribution in [-0.2, 0) is 4.74 Å². The van der Waals surface area contributed by atoms with Crippen LogP contribution < -0.4 is 16.6 Å². The van der Waals surface area contributed by atoms with Crippen molar-refractivity contribution in [2.45, 2.75) is 0 Å². The maximum absolute atomic E-state index is 12.4. The Kier molecular flexibility index (Phi) is 3.21. The summed E-state index contributed by atoms with van der Waals surface area (Å²) in [4.78, 5) is 47.7. The minimum atomic E-state index is -0.688. The van der Waals surface area contributed by atoms with Crippen molar-refractivity contribution >= 4 is 23.6 Å². The lowest BCUT2D eigenvalue weighted by atomic mass is 10.1. The Morgan fingerprint density at radius 2 is 1.87 bits per heavy atom. The van der Waals surface area contributed by atoms with Gasteiger partial charge in [0.05, 0.1) is 29.5 Å². The number of aromatic nitrogens is 1. The van der Waals surface area contributed by atoms with E-state index in [2.05, 4.69) is 10.1 Å². The van der Waals surface area contributed by atoms with Crippen molar-refractivity contribution in [1.29, 1.82) is 0 Å². The lowest BCUT2D eigenvalue weighted by Gasteiger charge is -2.14. The van der Waals surface area contributed by atoms with E-state index in [0.717, 1.165) is 10.6 Å². The van der Waals surface area contributed by atoms with E-state index < -0.39 is 23.3 Å². The molecule has 1 aliphatic rings. The number of nitrogens with one attached hydrogen (secondary N) is 1. The van der Waals surface area contributed by atoms with Crippen molar-refractivity contribution in [2.75, 3.05) is 12.8 Å². The normalized spacial score (nSPS) is 12.7. The highest BCUT2D eigenvalue weighted by Gasteiger charge is 2.32. The molecular weight excluding hydrogens is 302 g/mol. The number of para-hydroxylation sites is 1. The number of nitrogens with two attached hydrogens (primary N) is 1. The molecule has 0 bridgehead atoms. The quantitative estimate of drug-likeness (QED) is 0.599. The number of amides is 2. The van der Waals surface area contributed by atoms with E-state index in [9.17, 15) is 19.2 Å². The Balaban J connectivity index is 2.34. The summed E-state index contributed by atoms with van der Waals surface area (Å²) in [5.41, 5.74) is 5.39. The predicted molar refractivity (Wildman–Crippen MR) is 79.6 cm³/mol. The Hall–Kier alpha value is -3.42. The largest absolute Gasteiger partial charge is 0.465 e. The number of rotatable bonds is 2. The molecule has 1 aromatic carbocycles. The monoisotopic (exact) mass is 313 g/mol. The number of imide groups is 1. The second-order valence-corrected chi connectivity index (χ2v) is 4.78. The van der Waals surface area contributed by atoms with Gasteiger partial charge in [-0.05, 0) is 12.1 Å². The number of hydrogen-bond donors (Lipinski definition) is 2. The average Bonchev–Trinajstić information content (AvgIpc) is 2.81. The van der Waals surface area contributed by atoms with Gasteiger partial charge >= 0.3 is 5.97 Å². The number of carbonyl (C=O) groups is 3. The minimum absolute atomic E-state index is 0.0794. The van der Waals surface area contributed by atoms with Crippen LogP contribution in [0.4, 0.5) is 5.82 Å². The molecule has 0 fully saturated rings. The molecule has 0 saturated carbocycles. The van der Waals surface area contributed by atoms with Gasteiger partial charge in [0.25, 0.3) is 17.4 Å². The first-order chi connectivity index (χ1) is 11.0. The van der Waals surface area contributed by atoms with E-state index in [4.69, 9.17) is 5.73 Å². The zero-order valence-corrected chi connectivity index (χ0v) is 12.0. The Morgan fingerprint density at radius 1 is 1.17 bits per heavy atom. The molecule has 2 amide bonds. The molecule has 3 rings (SSSR count). The Labute approximate surface area is 129 Å². The number of nitrogen functional groups attached to an aromatic ring is 1. The van der Waals surface area contributed by atoms with E-state index in [1.54, 1.807) is 12.1 Å². The molecule has 0 spiro atoms. The second kappa shape index (κ2) is 5.09. The van der Waals surface area contributed by atoms with Gasteiger partial charge in [0.15, 0.2) is 0 Å². The fourth-order valence-corrected chi connectivity index (χ4v) is 2.48. The molecule has 0 saturated heterocycles. The summed E-state index contributed by atoms with van der Waals surface area (Å²) in [6, 6.07) is 7.17. The molecule has 3 N–H and O–H groups in total. The van der Waals surface area contributed by atoms with Crippen LogP contribution in [0.1, 0.15) is 31.1 Å². The molecule has 0 unspecified atom stereocenters. The van der Waals surface area contributed by atoms with Crippen molar-refractivity contribution in [3.05, 3.63) is 57.4 Å². The molecule has 1 aromatic heterocycles. The lowest BCUT2D eigenvalue weighted by Crippen LogP contribution is -2.25. The van der Waals surface area contributed by atoms with Crippen LogP contribution in [0.3, 0.4) is 0 Å². The molecule has 116 valence electrons. The van der Waals surface area contributed by atoms with Crippen LogP contribution in [-0.4, -0.2) is 29.5 Å². The van der Waals surface area contributed by atoms with Gasteiger partial charge in [-0.1, -0.05) is 12.1 Å². The number of esters is 1. The van der Waals surface area contributed by atoms with Crippen LogP contribution in [0.15, 0.2) is 35.1 Å². The van der Waals surface area contributed by atoms with Gasteiger partial charge in [-0.3, -0.25) is 24.3 Å². The van der Waals surface area contributed by atoms with Gasteiger partial charge in [0.2, 0.25) is 0 Å². The van der Waals surface area contributed by atoms with Crippen LogP contribution in [0.2, 0.25) is 0 Å². The molecule has 0 radical (unpaired) electrons. The summed E-state index contributed by atoms with van der Waals surface area (Å²) < 4.78 is 5.68. The molecule has 8 nitrogen and oxygen atoms in total. The van der Waals surface area contributed by atoms with Crippen LogP contribution in [0.25, 0.3) is 5.69 Å². The van der Waals surface area contributed by atoms with Gasteiger partial charge in [-0.25, -0.2) is 4.79 Å². The minimum Gasteiger partial charge on any atom is -0.465 e. The third kappa shape index (κ3) is 2.08. The summed E-state index contributed by atoms with van der Waals surface area (Å²) in [6.07, 6.45) is 0. The second-order valence-electron chi connectivity index (χ2n) is 4.78. The SMILES string of the molecule is COC(=O)c1ccccc1-n1c(N)c2c(cc1=O)C(=O)NC2=O. The van der Waals surface area contributed by atoms with Gasteiger partial charge in [-0.2, -0.15) is 0 Å². The summed E-state index contributed by atoms with van der Waals surface area (Å²) in [7, 11) is 1.21. The molecule has 8 heteroatoms. The highest BCUT2D eigenvalue weighted by atomic mass is 16.5. The predicted octanol–water partition coefficient (Wildman–Crippen LogP) is 0.0899. The molecule has 0 atom stereocenters. The number of ether oxygens (including phenoxy) is 1. The molecule has 0 aliphatic carbocycles. The number of nitrogens with zero attached hydrogens (tertiary/aromatic N) is 1. The van der Waals surface area contributed by atoms with E-state index in [-0.39, 0.29) is 28.2 Å². The smallest absolute Gasteiger partial charge is 0.339 e. The number of pyridine rings is 1. The van der Waals surface area contributed by atoms with Crippen molar-refractivity contribution in [3.63, 3.8) is 0 Å². The zero-order valence-electron chi connectivity index (χ0n) is 12.0. The molecule has 23 heavy (non-hydrogen) atoms. The van der Waals surface area contributed by atoms with Crippen LogP contribution >= 0.6 is 0 Å². The fourth-order valence-electron chi connectivity index (χ4n) is 2.48. The van der Waals surface area contributed by atoms with Crippen molar-refractivity contribution in [1.82, 2.24) is 9.88 Å². The van der Waals surface area contributed by atoms with Gasteiger partial charge < -0.3 is 10.5 Å². The number of fused-ring (bicyclic) bond motifs is 1. The Bertz CT molecular complexity index is 929. The Morgan fingerprint density at radius 3 is 2.57 bits per heavy atom. The van der Waals surface area contributed by atoms with Crippen LogP contribution in [0.5, 0.6) is 0 Å². The highest BCUT2D eigenvalue weighted by molar-refractivity contribution is 6.23. The number of carbonyl (C=O) groups excluding carboxylic acids is 3.